The zero-order chi connectivity index (χ0) is 22.6. The number of rotatable bonds is 4. The molecule has 1 aliphatic heterocycles. The summed E-state index contributed by atoms with van der Waals surface area (Å²) in [5, 5.41) is 1.70. The van der Waals surface area contributed by atoms with Crippen LogP contribution in [-0.2, 0) is 26.7 Å². The maximum absolute atomic E-state index is 11.8. The van der Waals surface area contributed by atoms with Gasteiger partial charge in [0.05, 0.1) is 23.0 Å². The minimum atomic E-state index is -4.31. The first kappa shape index (κ1) is 21.2. The van der Waals surface area contributed by atoms with Crippen molar-refractivity contribution in [2.75, 3.05) is 14.2 Å². The van der Waals surface area contributed by atoms with Crippen molar-refractivity contribution in [1.82, 2.24) is 0 Å². The van der Waals surface area contributed by atoms with Crippen LogP contribution in [0.2, 0.25) is 0 Å². The second kappa shape index (κ2) is 7.28. The smallest absolute Gasteiger partial charge is 0.337 e. The third kappa shape index (κ3) is 3.43. The quantitative estimate of drug-likeness (QED) is 0.376. The normalized spacial score (nSPS) is 18.4. The fourth-order valence-corrected chi connectivity index (χ4v) is 5.05. The molecule has 0 bridgehead atoms. The highest BCUT2D eigenvalue weighted by molar-refractivity contribution is 7.85. The molecule has 6 nitrogen and oxygen atoms in total. The average Bonchev–Trinajstić information content (AvgIpc) is 2.94. The summed E-state index contributed by atoms with van der Waals surface area (Å²) < 4.78 is 40.0. The third-order valence-electron chi connectivity index (χ3n) is 6.42. The van der Waals surface area contributed by atoms with Crippen LogP contribution in [0.25, 0.3) is 10.8 Å². The molecule has 0 aromatic heterocycles. The largest absolute Gasteiger partial charge is 0.465 e. The highest BCUT2D eigenvalue weighted by Gasteiger charge is 2.46. The zero-order valence-electron chi connectivity index (χ0n) is 17.8. The molecule has 1 heterocycles. The van der Waals surface area contributed by atoms with Crippen LogP contribution in [0.1, 0.15) is 35.3 Å². The molecule has 0 saturated heterocycles. The van der Waals surface area contributed by atoms with Gasteiger partial charge in [-0.05, 0) is 60.0 Å². The SMILES string of the molecule is COC(=O)c1ccc(CC2(C)C(C)=[N+](C)c3ccc4ccc(S(=O)(=O)O)cc4c32)cc1. The number of methoxy groups -OCH3 is 1. The van der Waals surface area contributed by atoms with Gasteiger partial charge in [-0.15, -0.1) is 0 Å². The van der Waals surface area contributed by atoms with Gasteiger partial charge in [0, 0.05) is 18.6 Å². The number of ether oxygens (including phenoxy) is 1. The number of carbonyl (C=O) groups excluding carboxylic acids is 1. The van der Waals surface area contributed by atoms with Gasteiger partial charge in [0.15, 0.2) is 5.71 Å². The Bertz CT molecular complexity index is 1360. The van der Waals surface area contributed by atoms with Crippen molar-refractivity contribution in [1.29, 1.82) is 0 Å². The Morgan fingerprint density at radius 1 is 1.10 bits per heavy atom. The summed E-state index contributed by atoms with van der Waals surface area (Å²) in [6.07, 6.45) is 0.660. The highest BCUT2D eigenvalue weighted by Crippen LogP contribution is 2.45. The van der Waals surface area contributed by atoms with Gasteiger partial charge in [-0.25, -0.2) is 9.37 Å². The van der Waals surface area contributed by atoms with Crippen molar-refractivity contribution in [3.8, 4) is 0 Å². The number of nitrogens with zero attached hydrogens (tertiary/aromatic N) is 1. The van der Waals surface area contributed by atoms with Gasteiger partial charge in [0.1, 0.15) is 7.05 Å². The van der Waals surface area contributed by atoms with E-state index in [0.717, 1.165) is 33.3 Å². The van der Waals surface area contributed by atoms with E-state index in [-0.39, 0.29) is 10.9 Å². The summed E-state index contributed by atoms with van der Waals surface area (Å²) in [6.45, 7) is 4.21. The van der Waals surface area contributed by atoms with Crippen molar-refractivity contribution in [3.05, 3.63) is 71.3 Å². The summed E-state index contributed by atoms with van der Waals surface area (Å²) in [7, 11) is -0.962. The van der Waals surface area contributed by atoms with E-state index in [4.69, 9.17) is 4.74 Å². The van der Waals surface area contributed by atoms with Crippen LogP contribution in [0, 0.1) is 0 Å². The predicted octanol–water partition coefficient (Wildman–Crippen LogP) is 4.12. The Morgan fingerprint density at radius 3 is 2.35 bits per heavy atom. The summed E-state index contributed by atoms with van der Waals surface area (Å²) in [4.78, 5) is 11.6. The zero-order valence-corrected chi connectivity index (χ0v) is 18.7. The van der Waals surface area contributed by atoms with Crippen molar-refractivity contribution < 1.29 is 27.1 Å². The highest BCUT2D eigenvalue weighted by atomic mass is 32.2. The summed E-state index contributed by atoms with van der Waals surface area (Å²) in [6, 6.07) is 16.0. The number of hydrogen-bond donors (Lipinski definition) is 1. The third-order valence-corrected chi connectivity index (χ3v) is 7.27. The molecule has 1 N–H and O–H groups in total. The van der Waals surface area contributed by atoms with Crippen molar-refractivity contribution in [2.45, 2.75) is 30.6 Å². The maximum atomic E-state index is 11.8. The molecule has 4 rings (SSSR count). The van der Waals surface area contributed by atoms with Gasteiger partial charge < -0.3 is 4.74 Å². The topological polar surface area (TPSA) is 83.7 Å². The van der Waals surface area contributed by atoms with Crippen LogP contribution in [-0.4, -0.2) is 43.4 Å². The van der Waals surface area contributed by atoms with E-state index in [1.165, 1.54) is 13.2 Å². The minimum absolute atomic E-state index is 0.120. The van der Waals surface area contributed by atoms with E-state index >= 15 is 0 Å². The molecule has 0 fully saturated rings. The van der Waals surface area contributed by atoms with E-state index in [1.54, 1.807) is 24.3 Å². The van der Waals surface area contributed by atoms with Crippen molar-refractivity contribution >= 4 is 38.3 Å². The number of esters is 1. The van der Waals surface area contributed by atoms with E-state index < -0.39 is 15.5 Å². The molecule has 31 heavy (non-hydrogen) atoms. The van der Waals surface area contributed by atoms with E-state index in [0.29, 0.717) is 12.0 Å². The number of benzene rings is 3. The molecule has 0 saturated carbocycles. The van der Waals surface area contributed by atoms with E-state index in [2.05, 4.69) is 18.4 Å². The van der Waals surface area contributed by atoms with Gasteiger partial charge in [-0.1, -0.05) is 18.2 Å². The van der Waals surface area contributed by atoms with Gasteiger partial charge in [0.25, 0.3) is 10.1 Å². The molecule has 0 amide bonds. The lowest BCUT2D eigenvalue weighted by Gasteiger charge is -2.24. The molecule has 0 radical (unpaired) electrons. The molecule has 7 heteroatoms. The monoisotopic (exact) mass is 438 g/mol. The number of fused-ring (bicyclic) bond motifs is 3. The Kier molecular flexibility index (Phi) is 4.98. The summed E-state index contributed by atoms with van der Waals surface area (Å²) in [5.41, 5.74) is 4.28. The lowest BCUT2D eigenvalue weighted by Crippen LogP contribution is -2.32. The molecule has 3 aromatic rings. The fraction of sp³-hybridized carbons (Fsp3) is 0.250. The second-order valence-corrected chi connectivity index (χ2v) is 9.58. The Morgan fingerprint density at radius 2 is 1.74 bits per heavy atom. The first-order valence-electron chi connectivity index (χ1n) is 9.86. The Hall–Kier alpha value is -3.03. The number of hydrogen-bond acceptors (Lipinski definition) is 4. The standard InChI is InChI=1S/C24H23NO5S/c1-15-24(2,14-16-5-7-18(8-6-16)23(26)30-4)22-20-13-19(31(27,28)29)11-9-17(20)10-12-21(22)25(15)3/h5-13H,14H2,1-4H3/p+1. The lowest BCUT2D eigenvalue weighted by molar-refractivity contribution is -0.403. The van der Waals surface area contributed by atoms with E-state index in [9.17, 15) is 17.8 Å². The molecule has 160 valence electrons. The van der Waals surface area contributed by atoms with Crippen LogP contribution in [0.15, 0.2) is 59.5 Å². The van der Waals surface area contributed by atoms with Gasteiger partial charge >= 0.3 is 5.97 Å². The minimum Gasteiger partial charge on any atom is -0.465 e. The molecular weight excluding hydrogens is 414 g/mol. The number of carbonyl (C=O) groups is 1. The van der Waals surface area contributed by atoms with Crippen LogP contribution in [0.3, 0.4) is 0 Å². The van der Waals surface area contributed by atoms with Crippen LogP contribution < -0.4 is 0 Å². The first-order chi connectivity index (χ1) is 14.6. The second-order valence-electron chi connectivity index (χ2n) is 8.16. The molecule has 1 aliphatic rings. The van der Waals surface area contributed by atoms with Crippen LogP contribution in [0.4, 0.5) is 5.69 Å². The Labute approximate surface area is 181 Å². The molecule has 0 aliphatic carbocycles. The van der Waals surface area contributed by atoms with Gasteiger partial charge in [0.2, 0.25) is 5.69 Å². The predicted molar refractivity (Wildman–Crippen MR) is 119 cm³/mol. The molecule has 3 aromatic carbocycles. The van der Waals surface area contributed by atoms with Crippen molar-refractivity contribution in [2.24, 2.45) is 0 Å². The maximum Gasteiger partial charge on any atom is 0.337 e. The summed E-state index contributed by atoms with van der Waals surface area (Å²) in [5.74, 6) is -0.379. The molecule has 1 unspecified atom stereocenters. The molecular formula is C24H24NO5S+. The average molecular weight is 439 g/mol. The van der Waals surface area contributed by atoms with Crippen LogP contribution >= 0.6 is 0 Å². The van der Waals surface area contributed by atoms with Gasteiger partial charge in [-0.3, -0.25) is 4.55 Å². The first-order valence-corrected chi connectivity index (χ1v) is 11.3. The van der Waals surface area contributed by atoms with Gasteiger partial charge in [-0.2, -0.15) is 8.42 Å². The van der Waals surface area contributed by atoms with Crippen molar-refractivity contribution in [3.63, 3.8) is 0 Å². The van der Waals surface area contributed by atoms with Crippen LogP contribution in [0.5, 0.6) is 0 Å². The Balaban J connectivity index is 1.88. The fourth-order valence-electron chi connectivity index (χ4n) is 4.54. The summed E-state index contributed by atoms with van der Waals surface area (Å²) >= 11 is 0. The van der Waals surface area contributed by atoms with E-state index in [1.807, 2.05) is 31.3 Å². The molecule has 1 atom stereocenters. The molecule has 0 spiro atoms. The lowest BCUT2D eigenvalue weighted by atomic mass is 9.73.